The minimum atomic E-state index is -2.75. The number of hydrogen-bond acceptors (Lipinski definition) is 9. The average molecular weight is 462 g/mol. The highest BCUT2D eigenvalue weighted by Gasteiger charge is 2.64. The topological polar surface area (TPSA) is 182 Å². The molecule has 0 aromatic heterocycles. The van der Waals surface area contributed by atoms with Crippen molar-refractivity contribution in [1.82, 2.24) is 4.90 Å². The van der Waals surface area contributed by atoms with Crippen molar-refractivity contribution in [2.45, 2.75) is 31.1 Å². The van der Waals surface area contributed by atoms with Gasteiger partial charge >= 0.3 is 0 Å². The first kappa shape index (κ1) is 22.9. The summed E-state index contributed by atoms with van der Waals surface area (Å²) in [6.45, 7) is -0.707. The van der Waals surface area contributed by atoms with Gasteiger partial charge in [0.25, 0.3) is 5.91 Å². The van der Waals surface area contributed by atoms with Gasteiger partial charge in [-0.1, -0.05) is 0 Å². The van der Waals surface area contributed by atoms with Crippen molar-refractivity contribution >= 4 is 23.2 Å². The third-order valence-electron chi connectivity index (χ3n) is 6.90. The van der Waals surface area contributed by atoms with Gasteiger partial charge in [0.05, 0.1) is 18.2 Å². The van der Waals surface area contributed by atoms with Gasteiger partial charge in [-0.05, 0) is 38.9 Å². The number of ketones is 2. The van der Waals surface area contributed by atoms with Crippen LogP contribution in [0.3, 0.4) is 0 Å². The Kier molecular flexibility index (Phi) is 5.11. The molecule has 7 N–H and O–H groups in total. The normalized spacial score (nSPS) is 29.2. The fourth-order valence-corrected chi connectivity index (χ4v) is 5.46. The summed E-state index contributed by atoms with van der Waals surface area (Å²) in [5.41, 5.74) is 0.547. The highest BCUT2D eigenvalue weighted by molar-refractivity contribution is 6.24. The van der Waals surface area contributed by atoms with Crippen molar-refractivity contribution in [2.24, 2.45) is 17.6 Å². The molecule has 176 valence electrons. The smallest absolute Gasteiger partial charge is 0.255 e. The zero-order valence-electron chi connectivity index (χ0n) is 17.8. The summed E-state index contributed by atoms with van der Waals surface area (Å²) in [7, 11) is 2.97. The number of hydrogen-bond donors (Lipinski definition) is 6. The highest BCUT2D eigenvalue weighted by Crippen LogP contribution is 2.53. The van der Waals surface area contributed by atoms with Crippen molar-refractivity contribution in [1.29, 1.82) is 0 Å². The summed E-state index contributed by atoms with van der Waals surface area (Å²) < 4.78 is 14.9. The maximum atomic E-state index is 14.9. The molecule has 1 aromatic carbocycles. The van der Waals surface area contributed by atoms with Crippen molar-refractivity contribution in [3.8, 4) is 5.75 Å². The molecule has 0 aliphatic heterocycles. The number of carbonyl (C=O) groups excluding carboxylic acids is 3. The van der Waals surface area contributed by atoms with Gasteiger partial charge in [0.1, 0.15) is 28.7 Å². The zero-order valence-corrected chi connectivity index (χ0v) is 17.8. The number of likely N-dealkylation sites (N-methyl/N-ethyl adjacent to an activating group) is 1. The van der Waals surface area contributed by atoms with Crippen LogP contribution in [0.15, 0.2) is 23.0 Å². The van der Waals surface area contributed by atoms with E-state index in [1.54, 1.807) is 0 Å². The minimum Gasteiger partial charge on any atom is -0.508 e. The first-order valence-corrected chi connectivity index (χ1v) is 10.2. The molecule has 3 aliphatic carbocycles. The largest absolute Gasteiger partial charge is 0.508 e. The van der Waals surface area contributed by atoms with E-state index in [1.807, 2.05) is 0 Å². The van der Waals surface area contributed by atoms with E-state index in [4.69, 9.17) is 5.73 Å². The lowest BCUT2D eigenvalue weighted by molar-refractivity contribution is -0.153. The molecule has 1 amide bonds. The molecular formula is C22H23FN2O8. The molecule has 3 aliphatic rings. The van der Waals surface area contributed by atoms with E-state index in [0.717, 1.165) is 6.07 Å². The van der Waals surface area contributed by atoms with Crippen LogP contribution in [0.4, 0.5) is 4.39 Å². The number of primary amides is 1. The van der Waals surface area contributed by atoms with E-state index in [1.165, 1.54) is 19.0 Å². The van der Waals surface area contributed by atoms with Crippen molar-refractivity contribution < 1.29 is 44.3 Å². The molecule has 0 radical (unpaired) electrons. The molecule has 4 atom stereocenters. The fraction of sp³-hybridized carbons (Fsp3) is 0.409. The number of rotatable bonds is 3. The second kappa shape index (κ2) is 7.37. The average Bonchev–Trinajstić information content (AvgIpc) is 2.72. The number of aliphatic hydroxyl groups is 4. The first-order chi connectivity index (χ1) is 15.4. The van der Waals surface area contributed by atoms with E-state index < -0.39 is 76.2 Å². The predicted octanol–water partition coefficient (Wildman–Crippen LogP) is -0.405. The van der Waals surface area contributed by atoms with Gasteiger partial charge in [-0.15, -0.1) is 0 Å². The van der Waals surface area contributed by atoms with Crippen LogP contribution < -0.4 is 5.73 Å². The third kappa shape index (κ3) is 2.86. The number of aliphatic hydroxyl groups excluding tert-OH is 3. The minimum absolute atomic E-state index is 0.121. The Hall–Kier alpha value is -3.28. The number of fused-ring (bicyclic) bond motifs is 3. The SMILES string of the molecule is CN(C)[C@@H]1C(=O)C(C(N)=O)=C(O)[C@@]2(O)C(=O)C3=C(O)c4c(O)cc(CO)c(F)c4C[C@H]3C[C@@H]12. The molecule has 11 heteroatoms. The Morgan fingerprint density at radius 2 is 1.91 bits per heavy atom. The number of Topliss-reactive ketones (excluding diaryl/α,β-unsaturated/α-hetero) is 2. The summed E-state index contributed by atoms with van der Waals surface area (Å²) in [4.78, 5) is 39.8. The number of halogens is 1. The van der Waals surface area contributed by atoms with Crippen LogP contribution in [0.2, 0.25) is 0 Å². The molecule has 0 bridgehead atoms. The van der Waals surface area contributed by atoms with Crippen molar-refractivity contribution in [3.05, 3.63) is 45.5 Å². The Balaban J connectivity index is 1.99. The molecule has 1 aromatic rings. The van der Waals surface area contributed by atoms with Gasteiger partial charge in [-0.3, -0.25) is 19.3 Å². The van der Waals surface area contributed by atoms with E-state index in [2.05, 4.69) is 0 Å². The number of benzene rings is 1. The zero-order chi connectivity index (χ0) is 24.6. The number of nitrogens with two attached hydrogens (primary N) is 1. The van der Waals surface area contributed by atoms with Crippen LogP contribution >= 0.6 is 0 Å². The number of aromatic hydroxyl groups is 1. The standard InChI is InChI=1S/C22H23FN2O8/c1-25(2)16-10-4-7-3-9-13(11(27)5-8(6-26)15(9)23)17(28)12(7)19(30)22(10,33)20(31)14(18(16)29)21(24)32/h5,7,10,16,26-28,31,33H,3-4,6H2,1-2H3,(H2,24,32)/t7-,10-,16-,22-/m0/s1. The van der Waals surface area contributed by atoms with Crippen LogP contribution in [0.5, 0.6) is 5.75 Å². The van der Waals surface area contributed by atoms with Gasteiger partial charge in [-0.25, -0.2) is 4.39 Å². The Morgan fingerprint density at radius 3 is 2.45 bits per heavy atom. The van der Waals surface area contributed by atoms with Gasteiger partial charge in [0, 0.05) is 22.6 Å². The van der Waals surface area contributed by atoms with Crippen LogP contribution in [-0.2, 0) is 27.4 Å². The maximum Gasteiger partial charge on any atom is 0.255 e. The van der Waals surface area contributed by atoms with Gasteiger partial charge in [0.15, 0.2) is 11.4 Å². The number of carbonyl (C=O) groups is 3. The van der Waals surface area contributed by atoms with Gasteiger partial charge < -0.3 is 31.3 Å². The van der Waals surface area contributed by atoms with E-state index in [9.17, 15) is 44.3 Å². The van der Waals surface area contributed by atoms with Gasteiger partial charge in [-0.2, -0.15) is 0 Å². The lowest BCUT2D eigenvalue weighted by Gasteiger charge is -2.50. The number of nitrogens with zero attached hydrogens (tertiary/aromatic N) is 1. The molecule has 1 fully saturated rings. The monoisotopic (exact) mass is 462 g/mol. The molecule has 10 nitrogen and oxygen atoms in total. The molecule has 0 unspecified atom stereocenters. The molecular weight excluding hydrogens is 439 g/mol. The van der Waals surface area contributed by atoms with Crippen molar-refractivity contribution in [3.63, 3.8) is 0 Å². The summed E-state index contributed by atoms with van der Waals surface area (Å²) in [6.07, 6.45) is -0.322. The first-order valence-electron chi connectivity index (χ1n) is 10.2. The van der Waals surface area contributed by atoms with E-state index in [-0.39, 0.29) is 35.1 Å². The molecule has 0 heterocycles. The van der Waals surface area contributed by atoms with Gasteiger partial charge in [0.2, 0.25) is 5.78 Å². The lowest BCUT2D eigenvalue weighted by Crippen LogP contribution is -2.65. The van der Waals surface area contributed by atoms with Crippen LogP contribution in [0, 0.1) is 17.7 Å². The summed E-state index contributed by atoms with van der Waals surface area (Å²) in [5.74, 6) is -8.90. The summed E-state index contributed by atoms with van der Waals surface area (Å²) in [6, 6.07) is -0.301. The predicted molar refractivity (Wildman–Crippen MR) is 110 cm³/mol. The third-order valence-corrected chi connectivity index (χ3v) is 6.90. The molecule has 4 rings (SSSR count). The molecule has 0 spiro atoms. The molecule has 33 heavy (non-hydrogen) atoms. The highest BCUT2D eigenvalue weighted by atomic mass is 19.1. The maximum absolute atomic E-state index is 14.9. The summed E-state index contributed by atoms with van der Waals surface area (Å²) >= 11 is 0. The fourth-order valence-electron chi connectivity index (χ4n) is 5.46. The van der Waals surface area contributed by atoms with Crippen molar-refractivity contribution in [2.75, 3.05) is 14.1 Å². The lowest BCUT2D eigenvalue weighted by atomic mass is 9.57. The van der Waals surface area contributed by atoms with Crippen LogP contribution in [0.25, 0.3) is 5.76 Å². The van der Waals surface area contributed by atoms with E-state index >= 15 is 0 Å². The van der Waals surface area contributed by atoms with Crippen LogP contribution in [0.1, 0.15) is 23.1 Å². The second-order valence-electron chi connectivity index (χ2n) is 8.84. The number of phenols is 1. The second-order valence-corrected chi connectivity index (χ2v) is 8.84. The Morgan fingerprint density at radius 1 is 1.27 bits per heavy atom. The number of amides is 1. The Bertz CT molecular complexity index is 1190. The van der Waals surface area contributed by atoms with Crippen LogP contribution in [-0.4, -0.2) is 73.6 Å². The summed E-state index contributed by atoms with van der Waals surface area (Å²) in [5, 5.41) is 52.7. The molecule has 1 saturated carbocycles. The molecule has 0 saturated heterocycles. The Labute approximate surface area is 187 Å². The van der Waals surface area contributed by atoms with E-state index in [0.29, 0.717) is 0 Å². The number of phenolic OH excluding ortho intramolecular Hbond substituents is 1. The quantitative estimate of drug-likeness (QED) is 0.326.